The molecular weight excluding hydrogens is 248 g/mol. The lowest BCUT2D eigenvalue weighted by Crippen LogP contribution is -2.47. The van der Waals surface area contributed by atoms with Gasteiger partial charge in [0.05, 0.1) is 24.0 Å². The van der Waals surface area contributed by atoms with Crippen molar-refractivity contribution in [3.63, 3.8) is 0 Å². The molecule has 18 heavy (non-hydrogen) atoms. The van der Waals surface area contributed by atoms with E-state index in [4.69, 9.17) is 11.6 Å². The van der Waals surface area contributed by atoms with Gasteiger partial charge in [-0.2, -0.15) is 0 Å². The summed E-state index contributed by atoms with van der Waals surface area (Å²) >= 11 is 5.71. The molecule has 2 rings (SSSR count). The first-order valence-electron chi connectivity index (χ1n) is 6.53. The van der Waals surface area contributed by atoms with Crippen molar-refractivity contribution in [3.8, 4) is 0 Å². The lowest BCUT2D eigenvalue weighted by Gasteiger charge is -2.36. The first kappa shape index (κ1) is 13.6. The third-order valence-corrected chi connectivity index (χ3v) is 3.42. The molecule has 0 spiro atoms. The molecule has 0 aliphatic carbocycles. The average molecular weight is 269 g/mol. The van der Waals surface area contributed by atoms with E-state index >= 15 is 0 Å². The number of piperazine rings is 1. The third kappa shape index (κ3) is 3.56. The van der Waals surface area contributed by atoms with E-state index in [1.165, 1.54) is 6.54 Å². The van der Waals surface area contributed by atoms with Crippen LogP contribution in [0.25, 0.3) is 0 Å². The van der Waals surface area contributed by atoms with Gasteiger partial charge in [0.2, 0.25) is 0 Å². The standard InChI is InChI=1S/C13H21ClN4/c1-11(2)10-17-3-5-18(6-4-17)13-9-15-12(7-14)8-16-13/h8-9,11H,3-7,10H2,1-2H3. The predicted molar refractivity (Wildman–Crippen MR) is 75.1 cm³/mol. The van der Waals surface area contributed by atoms with E-state index < -0.39 is 0 Å². The van der Waals surface area contributed by atoms with Gasteiger partial charge in [0, 0.05) is 32.7 Å². The number of hydrogen-bond acceptors (Lipinski definition) is 4. The van der Waals surface area contributed by atoms with Gasteiger partial charge in [-0.25, -0.2) is 4.98 Å². The van der Waals surface area contributed by atoms with E-state index in [-0.39, 0.29) is 0 Å². The Hall–Kier alpha value is -0.870. The number of nitrogens with zero attached hydrogens (tertiary/aromatic N) is 4. The summed E-state index contributed by atoms with van der Waals surface area (Å²) in [4.78, 5) is 13.5. The van der Waals surface area contributed by atoms with E-state index in [1.807, 2.05) is 6.20 Å². The third-order valence-electron chi connectivity index (χ3n) is 3.15. The quantitative estimate of drug-likeness (QED) is 0.782. The highest BCUT2D eigenvalue weighted by atomic mass is 35.5. The summed E-state index contributed by atoms with van der Waals surface area (Å²) in [5.74, 6) is 2.13. The van der Waals surface area contributed by atoms with Gasteiger partial charge in [-0.05, 0) is 5.92 Å². The monoisotopic (exact) mass is 268 g/mol. The maximum atomic E-state index is 5.71. The summed E-state index contributed by atoms with van der Waals surface area (Å²) in [6.45, 7) is 9.99. The lowest BCUT2D eigenvalue weighted by molar-refractivity contribution is 0.231. The summed E-state index contributed by atoms with van der Waals surface area (Å²) in [7, 11) is 0. The van der Waals surface area contributed by atoms with Crippen LogP contribution in [0.4, 0.5) is 5.82 Å². The van der Waals surface area contributed by atoms with Gasteiger partial charge in [0.1, 0.15) is 5.82 Å². The number of hydrogen-bond donors (Lipinski definition) is 0. The SMILES string of the molecule is CC(C)CN1CCN(c2cnc(CCl)cn2)CC1. The Balaban J connectivity index is 1.88. The van der Waals surface area contributed by atoms with Crippen molar-refractivity contribution in [2.24, 2.45) is 5.92 Å². The molecule has 0 N–H and O–H groups in total. The van der Waals surface area contributed by atoms with Crippen LogP contribution >= 0.6 is 11.6 Å². The molecule has 0 radical (unpaired) electrons. The Morgan fingerprint density at radius 2 is 1.89 bits per heavy atom. The van der Waals surface area contributed by atoms with E-state index in [0.29, 0.717) is 5.88 Å². The fourth-order valence-electron chi connectivity index (χ4n) is 2.26. The highest BCUT2D eigenvalue weighted by molar-refractivity contribution is 6.16. The Bertz CT molecular complexity index is 358. The van der Waals surface area contributed by atoms with Gasteiger partial charge in [-0.15, -0.1) is 11.6 Å². The molecule has 1 aromatic rings. The van der Waals surface area contributed by atoms with Crippen LogP contribution in [0, 0.1) is 5.92 Å². The summed E-state index contributed by atoms with van der Waals surface area (Å²) in [5, 5.41) is 0. The molecule has 1 aliphatic heterocycles. The average Bonchev–Trinajstić information content (AvgIpc) is 2.39. The molecule has 1 aliphatic rings. The minimum atomic E-state index is 0.426. The molecule has 4 nitrogen and oxygen atoms in total. The van der Waals surface area contributed by atoms with Gasteiger partial charge in [0.25, 0.3) is 0 Å². The zero-order valence-electron chi connectivity index (χ0n) is 11.1. The van der Waals surface area contributed by atoms with Gasteiger partial charge >= 0.3 is 0 Å². The van der Waals surface area contributed by atoms with Crippen molar-refractivity contribution in [2.75, 3.05) is 37.6 Å². The summed E-state index contributed by atoms with van der Waals surface area (Å²) in [5.41, 5.74) is 0.832. The van der Waals surface area contributed by atoms with Crippen LogP contribution in [0.3, 0.4) is 0 Å². The summed E-state index contributed by atoms with van der Waals surface area (Å²) in [6.07, 6.45) is 3.60. The zero-order valence-corrected chi connectivity index (χ0v) is 11.9. The van der Waals surface area contributed by atoms with Crippen molar-refractivity contribution < 1.29 is 0 Å². The Morgan fingerprint density at radius 1 is 1.17 bits per heavy atom. The Labute approximate surface area is 114 Å². The number of alkyl halides is 1. The maximum absolute atomic E-state index is 5.71. The first-order chi connectivity index (χ1) is 8.69. The molecule has 0 unspecified atom stereocenters. The second-order valence-corrected chi connectivity index (χ2v) is 5.45. The number of anilines is 1. The maximum Gasteiger partial charge on any atom is 0.147 e. The van der Waals surface area contributed by atoms with E-state index in [2.05, 4.69) is 33.6 Å². The molecule has 2 heterocycles. The predicted octanol–water partition coefficient (Wildman–Crippen LogP) is 1.99. The number of aromatic nitrogens is 2. The van der Waals surface area contributed by atoms with Crippen molar-refractivity contribution in [3.05, 3.63) is 18.1 Å². The van der Waals surface area contributed by atoms with E-state index in [0.717, 1.165) is 43.6 Å². The van der Waals surface area contributed by atoms with Crippen molar-refractivity contribution in [1.29, 1.82) is 0 Å². The molecule has 0 amide bonds. The van der Waals surface area contributed by atoms with Crippen LogP contribution in [0.5, 0.6) is 0 Å². The Morgan fingerprint density at radius 3 is 2.39 bits per heavy atom. The van der Waals surface area contributed by atoms with Gasteiger partial charge < -0.3 is 4.90 Å². The minimum absolute atomic E-state index is 0.426. The van der Waals surface area contributed by atoms with Crippen LogP contribution in [-0.4, -0.2) is 47.6 Å². The Kier molecular flexibility index (Phi) is 4.78. The van der Waals surface area contributed by atoms with Crippen molar-refractivity contribution >= 4 is 17.4 Å². The van der Waals surface area contributed by atoms with Crippen molar-refractivity contribution in [1.82, 2.24) is 14.9 Å². The molecule has 1 saturated heterocycles. The largest absolute Gasteiger partial charge is 0.353 e. The molecule has 0 aromatic carbocycles. The number of halogens is 1. The van der Waals surface area contributed by atoms with Crippen LogP contribution in [0.2, 0.25) is 0 Å². The highest BCUT2D eigenvalue weighted by Crippen LogP contribution is 2.13. The molecule has 5 heteroatoms. The molecule has 1 fully saturated rings. The lowest BCUT2D eigenvalue weighted by atomic mass is 10.2. The smallest absolute Gasteiger partial charge is 0.147 e. The van der Waals surface area contributed by atoms with Crippen LogP contribution in [0.15, 0.2) is 12.4 Å². The molecule has 100 valence electrons. The van der Waals surface area contributed by atoms with Crippen LogP contribution in [-0.2, 0) is 5.88 Å². The topological polar surface area (TPSA) is 32.3 Å². The summed E-state index contributed by atoms with van der Waals surface area (Å²) < 4.78 is 0. The zero-order chi connectivity index (χ0) is 13.0. The normalized spacial score (nSPS) is 17.4. The fraction of sp³-hybridized carbons (Fsp3) is 0.692. The van der Waals surface area contributed by atoms with Crippen LogP contribution < -0.4 is 4.90 Å². The molecule has 0 bridgehead atoms. The number of rotatable bonds is 4. The second kappa shape index (κ2) is 6.34. The van der Waals surface area contributed by atoms with Gasteiger partial charge in [-0.3, -0.25) is 9.88 Å². The van der Waals surface area contributed by atoms with E-state index in [9.17, 15) is 0 Å². The second-order valence-electron chi connectivity index (χ2n) is 5.18. The van der Waals surface area contributed by atoms with Crippen molar-refractivity contribution in [2.45, 2.75) is 19.7 Å². The molecule has 0 saturated carbocycles. The highest BCUT2D eigenvalue weighted by Gasteiger charge is 2.18. The molecule has 1 aromatic heterocycles. The van der Waals surface area contributed by atoms with E-state index in [1.54, 1.807) is 6.20 Å². The molecule has 0 atom stereocenters. The fourth-order valence-corrected chi connectivity index (χ4v) is 2.39. The minimum Gasteiger partial charge on any atom is -0.353 e. The molecular formula is C13H21ClN4. The summed E-state index contributed by atoms with van der Waals surface area (Å²) in [6, 6.07) is 0. The van der Waals surface area contributed by atoms with Gasteiger partial charge in [0.15, 0.2) is 0 Å². The van der Waals surface area contributed by atoms with Gasteiger partial charge in [-0.1, -0.05) is 13.8 Å². The first-order valence-corrected chi connectivity index (χ1v) is 7.06. The van der Waals surface area contributed by atoms with Crippen LogP contribution in [0.1, 0.15) is 19.5 Å².